The van der Waals surface area contributed by atoms with Gasteiger partial charge in [-0.25, -0.2) is 0 Å². The Kier molecular flexibility index (Phi) is 46.6. The van der Waals surface area contributed by atoms with E-state index in [0.29, 0.717) is 19.3 Å². The molecule has 0 aliphatic heterocycles. The summed E-state index contributed by atoms with van der Waals surface area (Å²) in [5.74, 6) is 0.796. The molecule has 362 valence electrons. The Labute approximate surface area is 380 Å². The third kappa shape index (κ3) is 49.3. The van der Waals surface area contributed by atoms with E-state index < -0.39 is 6.10 Å². The molecule has 1 atom stereocenters. The van der Waals surface area contributed by atoms with Crippen molar-refractivity contribution in [3.8, 4) is 0 Å². The fourth-order valence-corrected chi connectivity index (χ4v) is 8.34. The Hall–Kier alpha value is -1.59. The predicted molar refractivity (Wildman–Crippen MR) is 261 cm³/mol. The minimum Gasteiger partial charge on any atom is -0.462 e. The molecule has 0 saturated carbocycles. The first kappa shape index (κ1) is 59.4. The van der Waals surface area contributed by atoms with Crippen molar-refractivity contribution in [1.29, 1.82) is 0 Å². The summed E-state index contributed by atoms with van der Waals surface area (Å²) in [5.41, 5.74) is 0. The van der Waals surface area contributed by atoms with E-state index in [9.17, 15) is 14.4 Å². The van der Waals surface area contributed by atoms with E-state index in [1.165, 1.54) is 193 Å². The molecular weight excluding hydrogens is 757 g/mol. The van der Waals surface area contributed by atoms with Gasteiger partial charge in [0.1, 0.15) is 13.2 Å². The SMILES string of the molecule is CCCCCCCCCCCCCCCCC(=O)OC[C@H](COC(=O)CCCCCCCCCCCCCCCCCC(C)C)OC(=O)CCCCCCCCCCC(C)C. The van der Waals surface area contributed by atoms with Gasteiger partial charge in [0, 0.05) is 19.3 Å². The standard InChI is InChI=1S/C55H106O6/c1-6-7-8-9-10-11-12-13-18-21-24-30-35-40-45-53(56)59-48-52(61-55(58)47-42-37-32-27-26-29-34-39-44-51(4)5)49-60-54(57)46-41-36-31-25-22-19-16-14-15-17-20-23-28-33-38-43-50(2)3/h50-52H,6-49H2,1-5H3/t52-/m1/s1. The van der Waals surface area contributed by atoms with Crippen molar-refractivity contribution in [2.24, 2.45) is 11.8 Å². The van der Waals surface area contributed by atoms with Crippen LogP contribution in [0.4, 0.5) is 0 Å². The summed E-state index contributed by atoms with van der Waals surface area (Å²) in [7, 11) is 0. The molecule has 0 aromatic rings. The Morgan fingerprint density at radius 3 is 0.803 bits per heavy atom. The minimum atomic E-state index is -0.762. The second kappa shape index (κ2) is 47.9. The number of rotatable bonds is 49. The first-order valence-corrected chi connectivity index (χ1v) is 27.2. The minimum absolute atomic E-state index is 0.0637. The Bertz CT molecular complexity index is 931. The average molecular weight is 863 g/mol. The van der Waals surface area contributed by atoms with Crippen LogP contribution in [0.15, 0.2) is 0 Å². The van der Waals surface area contributed by atoms with Gasteiger partial charge in [-0.05, 0) is 31.1 Å². The van der Waals surface area contributed by atoms with Crippen molar-refractivity contribution in [3.05, 3.63) is 0 Å². The van der Waals surface area contributed by atoms with Crippen molar-refractivity contribution in [2.45, 2.75) is 310 Å². The zero-order valence-corrected chi connectivity index (χ0v) is 41.8. The first-order valence-electron chi connectivity index (χ1n) is 27.2. The average Bonchev–Trinajstić information content (AvgIpc) is 3.23. The molecule has 0 aliphatic carbocycles. The lowest BCUT2D eigenvalue weighted by Gasteiger charge is -2.18. The number of esters is 3. The number of carbonyl (C=O) groups is 3. The Morgan fingerprint density at radius 2 is 0.541 bits per heavy atom. The fourth-order valence-electron chi connectivity index (χ4n) is 8.34. The van der Waals surface area contributed by atoms with Crippen LogP contribution in [-0.4, -0.2) is 37.2 Å². The van der Waals surface area contributed by atoms with Gasteiger partial charge in [-0.1, -0.05) is 266 Å². The highest BCUT2D eigenvalue weighted by molar-refractivity contribution is 5.71. The maximum atomic E-state index is 12.8. The van der Waals surface area contributed by atoms with E-state index in [2.05, 4.69) is 34.6 Å². The zero-order chi connectivity index (χ0) is 44.7. The molecular formula is C55H106O6. The van der Waals surface area contributed by atoms with E-state index in [1.807, 2.05) is 0 Å². The second-order valence-electron chi connectivity index (χ2n) is 19.8. The lowest BCUT2D eigenvalue weighted by atomic mass is 10.0. The van der Waals surface area contributed by atoms with Gasteiger partial charge in [-0.15, -0.1) is 0 Å². The van der Waals surface area contributed by atoms with Crippen molar-refractivity contribution in [2.75, 3.05) is 13.2 Å². The molecule has 61 heavy (non-hydrogen) atoms. The van der Waals surface area contributed by atoms with Crippen molar-refractivity contribution in [3.63, 3.8) is 0 Å². The monoisotopic (exact) mass is 863 g/mol. The van der Waals surface area contributed by atoms with Crippen LogP contribution >= 0.6 is 0 Å². The van der Waals surface area contributed by atoms with E-state index in [0.717, 1.165) is 69.6 Å². The van der Waals surface area contributed by atoms with E-state index in [4.69, 9.17) is 14.2 Å². The molecule has 0 aromatic heterocycles. The molecule has 0 aliphatic rings. The lowest BCUT2D eigenvalue weighted by Crippen LogP contribution is -2.30. The maximum absolute atomic E-state index is 12.8. The molecule has 6 nitrogen and oxygen atoms in total. The van der Waals surface area contributed by atoms with Gasteiger partial charge in [0.2, 0.25) is 0 Å². The van der Waals surface area contributed by atoms with Crippen molar-refractivity contribution < 1.29 is 28.6 Å². The maximum Gasteiger partial charge on any atom is 0.306 e. The van der Waals surface area contributed by atoms with Gasteiger partial charge in [0.25, 0.3) is 0 Å². The Morgan fingerprint density at radius 1 is 0.311 bits per heavy atom. The van der Waals surface area contributed by atoms with Crippen LogP contribution in [0, 0.1) is 11.8 Å². The third-order valence-electron chi connectivity index (χ3n) is 12.5. The molecule has 6 heteroatoms. The number of ether oxygens (including phenoxy) is 3. The highest BCUT2D eigenvalue weighted by Gasteiger charge is 2.19. The number of unbranched alkanes of at least 4 members (excludes halogenated alkanes) is 34. The van der Waals surface area contributed by atoms with Crippen molar-refractivity contribution in [1.82, 2.24) is 0 Å². The quantitative estimate of drug-likeness (QED) is 0.0344. The van der Waals surface area contributed by atoms with Gasteiger partial charge in [0.15, 0.2) is 6.10 Å². The third-order valence-corrected chi connectivity index (χ3v) is 12.5. The predicted octanol–water partition coefficient (Wildman–Crippen LogP) is 17.7. The van der Waals surface area contributed by atoms with Crippen LogP contribution in [0.2, 0.25) is 0 Å². The van der Waals surface area contributed by atoms with Gasteiger partial charge in [-0.2, -0.15) is 0 Å². The van der Waals surface area contributed by atoms with Crippen LogP contribution in [0.5, 0.6) is 0 Å². The molecule has 0 saturated heterocycles. The molecule has 0 rings (SSSR count). The van der Waals surface area contributed by atoms with Crippen LogP contribution < -0.4 is 0 Å². The largest absolute Gasteiger partial charge is 0.462 e. The molecule has 0 unspecified atom stereocenters. The highest BCUT2D eigenvalue weighted by atomic mass is 16.6. The first-order chi connectivity index (χ1) is 29.7. The lowest BCUT2D eigenvalue weighted by molar-refractivity contribution is -0.167. The van der Waals surface area contributed by atoms with Gasteiger partial charge >= 0.3 is 17.9 Å². The number of carbonyl (C=O) groups excluding carboxylic acids is 3. The zero-order valence-electron chi connectivity index (χ0n) is 41.8. The summed E-state index contributed by atoms with van der Waals surface area (Å²) < 4.78 is 16.8. The molecule has 0 aromatic carbocycles. The normalized spacial score (nSPS) is 12.0. The van der Waals surface area contributed by atoms with Gasteiger partial charge in [-0.3, -0.25) is 14.4 Å². The van der Waals surface area contributed by atoms with E-state index in [1.54, 1.807) is 0 Å². The molecule has 0 spiro atoms. The smallest absolute Gasteiger partial charge is 0.306 e. The summed E-state index contributed by atoms with van der Waals surface area (Å²) in [6, 6.07) is 0. The molecule has 0 bridgehead atoms. The van der Waals surface area contributed by atoms with E-state index >= 15 is 0 Å². The molecule has 0 radical (unpaired) electrons. The molecule has 0 heterocycles. The topological polar surface area (TPSA) is 78.9 Å². The second-order valence-corrected chi connectivity index (χ2v) is 19.8. The van der Waals surface area contributed by atoms with Gasteiger partial charge in [0.05, 0.1) is 0 Å². The highest BCUT2D eigenvalue weighted by Crippen LogP contribution is 2.18. The van der Waals surface area contributed by atoms with E-state index in [-0.39, 0.29) is 31.1 Å². The molecule has 0 amide bonds. The summed E-state index contributed by atoms with van der Waals surface area (Å²) in [4.78, 5) is 38.0. The number of hydrogen-bond donors (Lipinski definition) is 0. The summed E-state index contributed by atoms with van der Waals surface area (Å²) in [6.07, 6.45) is 49.5. The van der Waals surface area contributed by atoms with Crippen LogP contribution in [0.25, 0.3) is 0 Å². The summed E-state index contributed by atoms with van der Waals surface area (Å²) in [5, 5.41) is 0. The van der Waals surface area contributed by atoms with Crippen LogP contribution in [0.3, 0.4) is 0 Å². The van der Waals surface area contributed by atoms with Crippen LogP contribution in [-0.2, 0) is 28.6 Å². The summed E-state index contributed by atoms with van der Waals surface area (Å²) >= 11 is 0. The molecule has 0 N–H and O–H groups in total. The number of hydrogen-bond acceptors (Lipinski definition) is 6. The Balaban J connectivity index is 4.26. The van der Waals surface area contributed by atoms with Gasteiger partial charge < -0.3 is 14.2 Å². The fraction of sp³-hybridized carbons (Fsp3) is 0.945. The van der Waals surface area contributed by atoms with Crippen LogP contribution in [0.1, 0.15) is 304 Å². The molecule has 0 fully saturated rings. The summed E-state index contributed by atoms with van der Waals surface area (Å²) in [6.45, 7) is 11.4. The van der Waals surface area contributed by atoms with Crippen molar-refractivity contribution >= 4 is 17.9 Å².